The molecule has 6 heteroatoms. The van der Waals surface area contributed by atoms with Crippen molar-refractivity contribution in [3.8, 4) is 0 Å². The SMILES string of the molecule is Cc1cc(C)c(S(N)(=O)=O)cc1C(=O)NCC1CCC1. The zero-order chi connectivity index (χ0) is 14.9. The molecular weight excluding hydrogens is 276 g/mol. The highest BCUT2D eigenvalue weighted by molar-refractivity contribution is 7.89. The summed E-state index contributed by atoms with van der Waals surface area (Å²) >= 11 is 0. The van der Waals surface area contributed by atoms with Gasteiger partial charge in [0.25, 0.3) is 5.91 Å². The van der Waals surface area contributed by atoms with Crippen molar-refractivity contribution in [2.24, 2.45) is 11.1 Å². The number of benzene rings is 1. The van der Waals surface area contributed by atoms with E-state index < -0.39 is 10.0 Å². The van der Waals surface area contributed by atoms with Crippen molar-refractivity contribution in [3.63, 3.8) is 0 Å². The number of rotatable bonds is 4. The molecule has 0 heterocycles. The van der Waals surface area contributed by atoms with Gasteiger partial charge in [0.15, 0.2) is 0 Å². The normalized spacial score (nSPS) is 15.8. The van der Waals surface area contributed by atoms with Gasteiger partial charge in [-0.2, -0.15) is 0 Å². The van der Waals surface area contributed by atoms with Gasteiger partial charge in [-0.3, -0.25) is 4.79 Å². The van der Waals surface area contributed by atoms with E-state index in [1.54, 1.807) is 19.9 Å². The van der Waals surface area contributed by atoms with E-state index in [2.05, 4.69) is 5.32 Å². The summed E-state index contributed by atoms with van der Waals surface area (Å²) in [5.41, 5.74) is 1.68. The molecule has 1 fully saturated rings. The fourth-order valence-corrected chi connectivity index (χ4v) is 3.20. The predicted molar refractivity (Wildman–Crippen MR) is 77.0 cm³/mol. The highest BCUT2D eigenvalue weighted by atomic mass is 32.2. The lowest BCUT2D eigenvalue weighted by Crippen LogP contribution is -2.32. The van der Waals surface area contributed by atoms with Crippen molar-refractivity contribution in [2.45, 2.75) is 38.0 Å². The second kappa shape index (κ2) is 5.54. The van der Waals surface area contributed by atoms with Gasteiger partial charge >= 0.3 is 0 Å². The average molecular weight is 296 g/mol. The molecule has 3 N–H and O–H groups in total. The van der Waals surface area contributed by atoms with Gasteiger partial charge in [0.2, 0.25) is 10.0 Å². The van der Waals surface area contributed by atoms with Gasteiger partial charge in [0.05, 0.1) is 4.90 Å². The maximum atomic E-state index is 12.2. The van der Waals surface area contributed by atoms with Crippen LogP contribution in [0.25, 0.3) is 0 Å². The molecule has 1 aromatic carbocycles. The van der Waals surface area contributed by atoms with E-state index >= 15 is 0 Å². The van der Waals surface area contributed by atoms with Crippen molar-refractivity contribution < 1.29 is 13.2 Å². The third-order valence-electron chi connectivity index (χ3n) is 3.85. The van der Waals surface area contributed by atoms with Crippen LogP contribution in [0.3, 0.4) is 0 Å². The number of amides is 1. The molecule has 1 amide bonds. The smallest absolute Gasteiger partial charge is 0.251 e. The Morgan fingerprint density at radius 2 is 1.95 bits per heavy atom. The van der Waals surface area contributed by atoms with Crippen LogP contribution in [-0.4, -0.2) is 20.9 Å². The number of primary sulfonamides is 1. The van der Waals surface area contributed by atoms with E-state index in [-0.39, 0.29) is 10.8 Å². The van der Waals surface area contributed by atoms with Crippen molar-refractivity contribution >= 4 is 15.9 Å². The van der Waals surface area contributed by atoms with Gasteiger partial charge in [-0.25, -0.2) is 13.6 Å². The van der Waals surface area contributed by atoms with Crippen molar-refractivity contribution in [1.29, 1.82) is 0 Å². The van der Waals surface area contributed by atoms with E-state index in [9.17, 15) is 13.2 Å². The van der Waals surface area contributed by atoms with Gasteiger partial charge in [-0.1, -0.05) is 12.5 Å². The second-order valence-electron chi connectivity index (χ2n) is 5.48. The van der Waals surface area contributed by atoms with Gasteiger partial charge < -0.3 is 5.32 Å². The highest BCUT2D eigenvalue weighted by Crippen LogP contribution is 2.25. The molecule has 1 aliphatic rings. The van der Waals surface area contributed by atoms with Crippen LogP contribution in [0.15, 0.2) is 17.0 Å². The number of carbonyl (C=O) groups excluding carboxylic acids is 1. The molecule has 0 aromatic heterocycles. The zero-order valence-electron chi connectivity index (χ0n) is 11.8. The first-order valence-electron chi connectivity index (χ1n) is 6.71. The van der Waals surface area contributed by atoms with Crippen LogP contribution in [-0.2, 0) is 10.0 Å². The Balaban J connectivity index is 2.23. The maximum Gasteiger partial charge on any atom is 0.251 e. The number of hydrogen-bond acceptors (Lipinski definition) is 3. The first-order chi connectivity index (χ1) is 9.29. The molecule has 0 radical (unpaired) electrons. The molecule has 0 spiro atoms. The topological polar surface area (TPSA) is 89.3 Å². The molecule has 0 aliphatic heterocycles. The molecule has 2 rings (SSSR count). The Labute approximate surface area is 119 Å². The lowest BCUT2D eigenvalue weighted by Gasteiger charge is -2.25. The molecule has 1 saturated carbocycles. The zero-order valence-corrected chi connectivity index (χ0v) is 12.6. The summed E-state index contributed by atoms with van der Waals surface area (Å²) in [4.78, 5) is 12.2. The minimum atomic E-state index is -3.81. The molecule has 1 aliphatic carbocycles. The highest BCUT2D eigenvalue weighted by Gasteiger charge is 2.20. The van der Waals surface area contributed by atoms with E-state index in [0.29, 0.717) is 23.6 Å². The fraction of sp³-hybridized carbons (Fsp3) is 0.500. The monoisotopic (exact) mass is 296 g/mol. The summed E-state index contributed by atoms with van der Waals surface area (Å²) in [5.74, 6) is 0.321. The van der Waals surface area contributed by atoms with E-state index in [4.69, 9.17) is 5.14 Å². The standard InChI is InChI=1S/C14H20N2O3S/c1-9-6-10(2)13(20(15,18)19)7-12(9)14(17)16-8-11-4-3-5-11/h6-7,11H,3-5,8H2,1-2H3,(H,16,17)(H2,15,18,19). The molecule has 0 atom stereocenters. The summed E-state index contributed by atoms with van der Waals surface area (Å²) < 4.78 is 23.0. The summed E-state index contributed by atoms with van der Waals surface area (Å²) in [6.07, 6.45) is 3.52. The number of carbonyl (C=O) groups is 1. The number of hydrogen-bond donors (Lipinski definition) is 2. The summed E-state index contributed by atoms with van der Waals surface area (Å²) in [7, 11) is -3.81. The Bertz CT molecular complexity index is 634. The largest absolute Gasteiger partial charge is 0.352 e. The molecule has 5 nitrogen and oxygen atoms in total. The van der Waals surface area contributed by atoms with Gasteiger partial charge in [0.1, 0.15) is 0 Å². The van der Waals surface area contributed by atoms with Crippen LogP contribution in [0, 0.1) is 19.8 Å². The maximum absolute atomic E-state index is 12.2. The first kappa shape index (κ1) is 15.0. The Morgan fingerprint density at radius 3 is 2.45 bits per heavy atom. The molecule has 20 heavy (non-hydrogen) atoms. The number of nitrogens with two attached hydrogens (primary N) is 1. The van der Waals surface area contributed by atoms with Crippen LogP contribution in [0.2, 0.25) is 0 Å². The van der Waals surface area contributed by atoms with Crippen LogP contribution in [0.4, 0.5) is 0 Å². The molecule has 0 saturated heterocycles. The van der Waals surface area contributed by atoms with E-state index in [0.717, 1.165) is 18.4 Å². The van der Waals surface area contributed by atoms with Gasteiger partial charge in [0, 0.05) is 12.1 Å². The third-order valence-corrected chi connectivity index (χ3v) is 4.90. The molecule has 0 unspecified atom stereocenters. The van der Waals surface area contributed by atoms with E-state index in [1.807, 2.05) is 0 Å². The molecule has 0 bridgehead atoms. The van der Waals surface area contributed by atoms with E-state index in [1.165, 1.54) is 12.5 Å². The van der Waals surface area contributed by atoms with Crippen molar-refractivity contribution in [3.05, 3.63) is 28.8 Å². The van der Waals surface area contributed by atoms with Gasteiger partial charge in [-0.05, 0) is 49.8 Å². The Hall–Kier alpha value is -1.40. The number of aryl methyl sites for hydroxylation is 2. The molecular formula is C14H20N2O3S. The van der Waals surface area contributed by atoms with Crippen LogP contribution in [0.5, 0.6) is 0 Å². The number of sulfonamides is 1. The predicted octanol–water partition coefficient (Wildman–Crippen LogP) is 1.48. The second-order valence-corrected chi connectivity index (χ2v) is 7.01. The van der Waals surface area contributed by atoms with Crippen molar-refractivity contribution in [1.82, 2.24) is 5.32 Å². The van der Waals surface area contributed by atoms with Gasteiger partial charge in [-0.15, -0.1) is 0 Å². The fourth-order valence-electron chi connectivity index (χ4n) is 2.41. The van der Waals surface area contributed by atoms with Crippen LogP contribution < -0.4 is 10.5 Å². The summed E-state index contributed by atoms with van der Waals surface area (Å²) in [6.45, 7) is 4.11. The first-order valence-corrected chi connectivity index (χ1v) is 8.26. The molecule has 1 aromatic rings. The minimum absolute atomic E-state index is 0.0110. The number of nitrogens with one attached hydrogen (secondary N) is 1. The summed E-state index contributed by atoms with van der Waals surface area (Å²) in [5, 5.41) is 8.04. The Morgan fingerprint density at radius 1 is 1.30 bits per heavy atom. The lowest BCUT2D eigenvalue weighted by atomic mass is 9.85. The lowest BCUT2D eigenvalue weighted by molar-refractivity contribution is 0.0938. The average Bonchev–Trinajstić information content (AvgIpc) is 2.24. The third kappa shape index (κ3) is 3.19. The van der Waals surface area contributed by atoms with Crippen LogP contribution in [0.1, 0.15) is 40.7 Å². The summed E-state index contributed by atoms with van der Waals surface area (Å²) in [6, 6.07) is 3.05. The quantitative estimate of drug-likeness (QED) is 0.882. The molecule has 110 valence electrons. The van der Waals surface area contributed by atoms with Crippen molar-refractivity contribution in [2.75, 3.05) is 6.54 Å². The van der Waals surface area contributed by atoms with Crippen LogP contribution >= 0.6 is 0 Å². The Kier molecular flexibility index (Phi) is 4.15. The minimum Gasteiger partial charge on any atom is -0.352 e.